The topological polar surface area (TPSA) is 91.0 Å². The first-order chi connectivity index (χ1) is 16.6. The second kappa shape index (κ2) is 10.5. The molecule has 2 unspecified atom stereocenters. The van der Waals surface area contributed by atoms with Gasteiger partial charge in [0, 0.05) is 44.4 Å². The van der Waals surface area contributed by atoms with Crippen molar-refractivity contribution in [2.24, 2.45) is 0 Å². The van der Waals surface area contributed by atoms with Crippen LogP contribution in [0.2, 0.25) is 5.02 Å². The quantitative estimate of drug-likeness (QED) is 0.543. The molecule has 0 saturated carbocycles. The fraction of sp³-hybridized carbons (Fsp3) is 0.375. The molecule has 35 heavy (non-hydrogen) atoms. The highest BCUT2D eigenvalue weighted by molar-refractivity contribution is 7.92. The molecule has 4 rings (SSSR count). The van der Waals surface area contributed by atoms with E-state index in [9.17, 15) is 17.6 Å². The third-order valence-corrected chi connectivity index (χ3v) is 6.97. The molecule has 2 aliphatic rings. The molecule has 0 spiro atoms. The van der Waals surface area contributed by atoms with Gasteiger partial charge < -0.3 is 15.0 Å². The van der Waals surface area contributed by atoms with Crippen LogP contribution >= 0.6 is 11.6 Å². The second-order valence-corrected chi connectivity index (χ2v) is 11.0. The number of halogens is 2. The standard InChI is InChI=1S/C24H28ClFN4O4S/c1-34-23-9-17(22(10-21(23)25)28-35(2,32)33)5-8-24(31)30-19-11-27-12-20(30)15-29(14-19)13-16-3-6-18(26)7-4-16/h3-10,19-20,27-28H,11-15H2,1-2H3/b8-5+. The van der Waals surface area contributed by atoms with Crippen molar-refractivity contribution in [1.29, 1.82) is 0 Å². The minimum absolute atomic E-state index is 0.0199. The number of piperazine rings is 2. The number of sulfonamides is 1. The van der Waals surface area contributed by atoms with E-state index in [0.29, 0.717) is 44.0 Å². The molecule has 2 aromatic rings. The molecule has 0 aliphatic carbocycles. The predicted molar refractivity (Wildman–Crippen MR) is 134 cm³/mol. The molecule has 2 fully saturated rings. The van der Waals surface area contributed by atoms with E-state index in [1.54, 1.807) is 24.3 Å². The number of anilines is 1. The Morgan fingerprint density at radius 3 is 2.49 bits per heavy atom. The Hall–Kier alpha value is -2.66. The maximum absolute atomic E-state index is 13.3. The molecule has 0 radical (unpaired) electrons. The van der Waals surface area contributed by atoms with Gasteiger partial charge >= 0.3 is 0 Å². The molecule has 11 heteroatoms. The molecular formula is C24H28ClFN4O4S. The number of methoxy groups -OCH3 is 1. The van der Waals surface area contributed by atoms with Gasteiger partial charge in [0.2, 0.25) is 15.9 Å². The number of fused-ring (bicyclic) bond motifs is 2. The SMILES string of the molecule is COc1cc(/C=C/C(=O)N2C3CNCC2CN(Cc2ccc(F)cc2)C3)c(NS(C)(=O)=O)cc1Cl. The molecule has 2 N–H and O–H groups in total. The summed E-state index contributed by atoms with van der Waals surface area (Å²) in [6.07, 6.45) is 4.07. The third kappa shape index (κ3) is 6.32. The first-order valence-electron chi connectivity index (χ1n) is 11.2. The number of hydrogen-bond donors (Lipinski definition) is 2. The molecule has 2 aliphatic heterocycles. The summed E-state index contributed by atoms with van der Waals surface area (Å²) in [5.41, 5.74) is 1.75. The van der Waals surface area contributed by atoms with Crippen LogP contribution in [0.5, 0.6) is 5.75 Å². The van der Waals surface area contributed by atoms with Gasteiger partial charge in [0.1, 0.15) is 11.6 Å². The monoisotopic (exact) mass is 522 g/mol. The van der Waals surface area contributed by atoms with Crippen molar-refractivity contribution < 1.29 is 22.3 Å². The van der Waals surface area contributed by atoms with Gasteiger partial charge in [-0.25, -0.2) is 12.8 Å². The Labute approximate surface area is 209 Å². The zero-order valence-electron chi connectivity index (χ0n) is 19.5. The summed E-state index contributed by atoms with van der Waals surface area (Å²) in [5.74, 6) is -0.0410. The van der Waals surface area contributed by atoms with Crippen molar-refractivity contribution in [1.82, 2.24) is 15.1 Å². The lowest BCUT2D eigenvalue weighted by molar-refractivity contribution is -0.136. The normalized spacial score (nSPS) is 20.7. The number of nitrogens with one attached hydrogen (secondary N) is 2. The van der Waals surface area contributed by atoms with Gasteiger partial charge in [0.25, 0.3) is 0 Å². The van der Waals surface area contributed by atoms with Crippen molar-refractivity contribution in [3.63, 3.8) is 0 Å². The number of nitrogens with zero attached hydrogens (tertiary/aromatic N) is 2. The lowest BCUT2D eigenvalue weighted by Crippen LogP contribution is -2.68. The fourth-order valence-electron chi connectivity index (χ4n) is 4.62. The van der Waals surface area contributed by atoms with Crippen molar-refractivity contribution in [3.8, 4) is 5.75 Å². The average Bonchev–Trinajstić information content (AvgIpc) is 2.78. The minimum Gasteiger partial charge on any atom is -0.495 e. The zero-order valence-corrected chi connectivity index (χ0v) is 21.1. The molecule has 2 bridgehead atoms. The smallest absolute Gasteiger partial charge is 0.247 e. The largest absolute Gasteiger partial charge is 0.495 e. The van der Waals surface area contributed by atoms with Gasteiger partial charge in [-0.2, -0.15) is 0 Å². The predicted octanol–water partition coefficient (Wildman–Crippen LogP) is 2.56. The Morgan fingerprint density at radius 1 is 1.23 bits per heavy atom. The van der Waals surface area contributed by atoms with Crippen LogP contribution in [0.15, 0.2) is 42.5 Å². The van der Waals surface area contributed by atoms with Crippen LogP contribution < -0.4 is 14.8 Å². The molecule has 2 atom stereocenters. The first-order valence-corrected chi connectivity index (χ1v) is 13.4. The highest BCUT2D eigenvalue weighted by Gasteiger charge is 2.39. The number of amides is 1. The molecule has 1 amide bonds. The number of rotatable bonds is 7. The fourth-order valence-corrected chi connectivity index (χ4v) is 5.44. The Kier molecular flexibility index (Phi) is 7.65. The van der Waals surface area contributed by atoms with Crippen LogP contribution in [0.3, 0.4) is 0 Å². The van der Waals surface area contributed by atoms with Crippen LogP contribution in [0.4, 0.5) is 10.1 Å². The Morgan fingerprint density at radius 2 is 1.89 bits per heavy atom. The van der Waals surface area contributed by atoms with Crippen LogP contribution in [0.1, 0.15) is 11.1 Å². The van der Waals surface area contributed by atoms with Gasteiger partial charge in [0.15, 0.2) is 0 Å². The minimum atomic E-state index is -3.56. The van der Waals surface area contributed by atoms with Crippen molar-refractivity contribution in [3.05, 3.63) is 64.4 Å². The third-order valence-electron chi connectivity index (χ3n) is 6.08. The van der Waals surface area contributed by atoms with E-state index in [0.717, 1.165) is 11.8 Å². The van der Waals surface area contributed by atoms with E-state index < -0.39 is 10.0 Å². The van der Waals surface area contributed by atoms with E-state index >= 15 is 0 Å². The number of hydrogen-bond acceptors (Lipinski definition) is 6. The van der Waals surface area contributed by atoms with Crippen molar-refractivity contribution in [2.75, 3.05) is 44.3 Å². The summed E-state index contributed by atoms with van der Waals surface area (Å²) in [4.78, 5) is 17.4. The van der Waals surface area contributed by atoms with Gasteiger partial charge in [-0.1, -0.05) is 23.7 Å². The number of benzene rings is 2. The summed E-state index contributed by atoms with van der Waals surface area (Å²) < 4.78 is 44.5. The summed E-state index contributed by atoms with van der Waals surface area (Å²) >= 11 is 6.17. The number of ether oxygens (including phenoxy) is 1. The highest BCUT2D eigenvalue weighted by atomic mass is 35.5. The average molecular weight is 523 g/mol. The van der Waals surface area contributed by atoms with E-state index in [2.05, 4.69) is 14.9 Å². The van der Waals surface area contributed by atoms with Gasteiger partial charge in [0.05, 0.1) is 36.2 Å². The van der Waals surface area contributed by atoms with Crippen LogP contribution in [0.25, 0.3) is 6.08 Å². The molecule has 188 valence electrons. The maximum Gasteiger partial charge on any atom is 0.247 e. The van der Waals surface area contributed by atoms with E-state index in [1.807, 2.05) is 4.90 Å². The molecule has 0 aromatic heterocycles. The zero-order chi connectivity index (χ0) is 25.2. The van der Waals surface area contributed by atoms with Crippen LogP contribution in [-0.2, 0) is 21.4 Å². The molecular weight excluding hydrogens is 495 g/mol. The van der Waals surface area contributed by atoms with Gasteiger partial charge in [-0.05, 0) is 35.9 Å². The molecule has 2 heterocycles. The summed E-state index contributed by atoms with van der Waals surface area (Å²) in [5, 5.41) is 3.64. The first kappa shape index (κ1) is 25.4. The lowest BCUT2D eigenvalue weighted by Gasteiger charge is -2.50. The van der Waals surface area contributed by atoms with Crippen molar-refractivity contribution in [2.45, 2.75) is 18.6 Å². The summed E-state index contributed by atoms with van der Waals surface area (Å²) in [7, 11) is -2.09. The number of carbonyl (C=O) groups is 1. The van der Waals surface area contributed by atoms with E-state index in [-0.39, 0.29) is 34.5 Å². The highest BCUT2D eigenvalue weighted by Crippen LogP contribution is 2.32. The van der Waals surface area contributed by atoms with Gasteiger partial charge in [-0.15, -0.1) is 0 Å². The van der Waals surface area contributed by atoms with Crippen molar-refractivity contribution >= 4 is 39.3 Å². The summed E-state index contributed by atoms with van der Waals surface area (Å²) in [6.45, 7) is 3.42. The maximum atomic E-state index is 13.3. The van der Waals surface area contributed by atoms with Crippen LogP contribution in [-0.4, -0.2) is 75.8 Å². The Balaban J connectivity index is 1.51. The Bertz CT molecular complexity index is 1210. The second-order valence-electron chi connectivity index (χ2n) is 8.81. The lowest BCUT2D eigenvalue weighted by atomic mass is 10.0. The van der Waals surface area contributed by atoms with Crippen LogP contribution in [0, 0.1) is 5.82 Å². The summed E-state index contributed by atoms with van der Waals surface area (Å²) in [6, 6.07) is 9.49. The molecule has 2 aromatic carbocycles. The molecule has 8 nitrogen and oxygen atoms in total. The van der Waals surface area contributed by atoms with E-state index in [4.69, 9.17) is 16.3 Å². The molecule has 2 saturated heterocycles. The van der Waals surface area contributed by atoms with E-state index in [1.165, 1.54) is 31.4 Å². The number of carbonyl (C=O) groups excluding carboxylic acids is 1. The van der Waals surface area contributed by atoms with Gasteiger partial charge in [-0.3, -0.25) is 14.4 Å².